The van der Waals surface area contributed by atoms with Crippen molar-refractivity contribution >= 4 is 11.3 Å². The van der Waals surface area contributed by atoms with E-state index in [1.807, 2.05) is 0 Å². The summed E-state index contributed by atoms with van der Waals surface area (Å²) in [4.78, 5) is 4.67. The van der Waals surface area contributed by atoms with Gasteiger partial charge >= 0.3 is 0 Å². The van der Waals surface area contributed by atoms with E-state index in [-0.39, 0.29) is 0 Å². The van der Waals surface area contributed by atoms with Gasteiger partial charge in [-0.3, -0.25) is 0 Å². The van der Waals surface area contributed by atoms with Crippen LogP contribution in [0, 0.1) is 0 Å². The van der Waals surface area contributed by atoms with Gasteiger partial charge in [0.1, 0.15) is 0 Å². The Morgan fingerprint density at radius 1 is 1.47 bits per heavy atom. The van der Waals surface area contributed by atoms with Gasteiger partial charge < -0.3 is 10.1 Å². The maximum Gasteiger partial charge on any atom is 0.0983 e. The third-order valence-electron chi connectivity index (χ3n) is 3.00. The van der Waals surface area contributed by atoms with Crippen LogP contribution in [0.15, 0.2) is 5.38 Å². The molecule has 1 aromatic heterocycles. The Morgan fingerprint density at radius 3 is 3.13 bits per heavy atom. The SMILES string of the molecule is c1sc(C2CCOC2)nc1CNC1CC1. The molecule has 2 aliphatic rings. The molecule has 82 valence electrons. The van der Waals surface area contributed by atoms with Crippen LogP contribution in [0.4, 0.5) is 0 Å². The fourth-order valence-electron chi connectivity index (χ4n) is 1.86. The molecule has 15 heavy (non-hydrogen) atoms. The molecule has 1 atom stereocenters. The molecular formula is C11H16N2OS. The molecule has 3 nitrogen and oxygen atoms in total. The molecule has 1 N–H and O–H groups in total. The zero-order valence-electron chi connectivity index (χ0n) is 8.74. The molecule has 4 heteroatoms. The lowest BCUT2D eigenvalue weighted by Gasteiger charge is -2.01. The predicted molar refractivity (Wildman–Crippen MR) is 60.2 cm³/mol. The summed E-state index contributed by atoms with van der Waals surface area (Å²) in [5.74, 6) is 0.560. The van der Waals surface area contributed by atoms with Crippen LogP contribution in [0.25, 0.3) is 0 Å². The molecule has 2 fully saturated rings. The molecule has 3 rings (SSSR count). The minimum atomic E-state index is 0.560. The molecule has 1 saturated heterocycles. The van der Waals surface area contributed by atoms with Crippen LogP contribution in [0.3, 0.4) is 0 Å². The zero-order chi connectivity index (χ0) is 10.1. The van der Waals surface area contributed by atoms with Crippen molar-refractivity contribution in [3.05, 3.63) is 16.1 Å². The van der Waals surface area contributed by atoms with Crippen molar-refractivity contribution in [3.8, 4) is 0 Å². The summed E-state index contributed by atoms with van der Waals surface area (Å²) in [6.45, 7) is 2.71. The lowest BCUT2D eigenvalue weighted by Crippen LogP contribution is -2.15. The highest BCUT2D eigenvalue weighted by Gasteiger charge is 2.22. The maximum atomic E-state index is 5.38. The van der Waals surface area contributed by atoms with Crippen molar-refractivity contribution in [1.82, 2.24) is 10.3 Å². The standard InChI is InChI=1S/C11H16N2OS/c1-2-9(1)12-5-10-7-15-11(13-10)8-3-4-14-6-8/h7-9,12H,1-6H2. The molecule has 1 saturated carbocycles. The summed E-state index contributed by atoms with van der Waals surface area (Å²) >= 11 is 1.79. The highest BCUT2D eigenvalue weighted by atomic mass is 32.1. The maximum absolute atomic E-state index is 5.38. The van der Waals surface area contributed by atoms with Crippen molar-refractivity contribution in [2.45, 2.75) is 37.8 Å². The van der Waals surface area contributed by atoms with Gasteiger partial charge in [-0.2, -0.15) is 0 Å². The molecule has 1 aromatic rings. The van der Waals surface area contributed by atoms with Crippen molar-refractivity contribution in [1.29, 1.82) is 0 Å². The topological polar surface area (TPSA) is 34.1 Å². The van der Waals surface area contributed by atoms with Crippen molar-refractivity contribution in [2.75, 3.05) is 13.2 Å². The van der Waals surface area contributed by atoms with Crippen LogP contribution in [-0.2, 0) is 11.3 Å². The predicted octanol–water partition coefficient (Wildman–Crippen LogP) is 1.90. The van der Waals surface area contributed by atoms with Gasteiger partial charge in [0.2, 0.25) is 0 Å². The number of thiazole rings is 1. The van der Waals surface area contributed by atoms with E-state index in [1.54, 1.807) is 11.3 Å². The van der Waals surface area contributed by atoms with Crippen LogP contribution in [0.5, 0.6) is 0 Å². The molecule has 1 aliphatic heterocycles. The zero-order valence-corrected chi connectivity index (χ0v) is 9.55. The molecular weight excluding hydrogens is 208 g/mol. The van der Waals surface area contributed by atoms with E-state index in [2.05, 4.69) is 15.7 Å². The van der Waals surface area contributed by atoms with Crippen molar-refractivity contribution in [3.63, 3.8) is 0 Å². The fraction of sp³-hybridized carbons (Fsp3) is 0.727. The van der Waals surface area contributed by atoms with E-state index < -0.39 is 0 Å². The highest BCUT2D eigenvalue weighted by Crippen LogP contribution is 2.28. The van der Waals surface area contributed by atoms with Crippen molar-refractivity contribution < 1.29 is 4.74 Å². The van der Waals surface area contributed by atoms with E-state index in [1.165, 1.54) is 23.5 Å². The smallest absolute Gasteiger partial charge is 0.0983 e. The van der Waals surface area contributed by atoms with Gasteiger partial charge in [0.25, 0.3) is 0 Å². The van der Waals surface area contributed by atoms with Gasteiger partial charge in [0.15, 0.2) is 0 Å². The quantitative estimate of drug-likeness (QED) is 0.848. The summed E-state index contributed by atoms with van der Waals surface area (Å²) in [5, 5.41) is 6.94. The van der Waals surface area contributed by atoms with E-state index in [9.17, 15) is 0 Å². The van der Waals surface area contributed by atoms with Crippen LogP contribution in [0.2, 0.25) is 0 Å². The Kier molecular flexibility index (Phi) is 2.73. The van der Waals surface area contributed by atoms with Gasteiger partial charge in [-0.05, 0) is 19.3 Å². The average molecular weight is 224 g/mol. The highest BCUT2D eigenvalue weighted by molar-refractivity contribution is 7.09. The fourth-order valence-corrected chi connectivity index (χ4v) is 2.80. The lowest BCUT2D eigenvalue weighted by atomic mass is 10.1. The third-order valence-corrected chi connectivity index (χ3v) is 4.05. The van der Waals surface area contributed by atoms with E-state index in [4.69, 9.17) is 4.74 Å². The van der Waals surface area contributed by atoms with Gasteiger partial charge in [-0.15, -0.1) is 11.3 Å². The largest absolute Gasteiger partial charge is 0.381 e. The van der Waals surface area contributed by atoms with Crippen LogP contribution < -0.4 is 5.32 Å². The van der Waals surface area contributed by atoms with E-state index >= 15 is 0 Å². The van der Waals surface area contributed by atoms with Gasteiger partial charge in [0.05, 0.1) is 17.3 Å². The first kappa shape index (κ1) is 9.75. The Hall–Kier alpha value is -0.450. The van der Waals surface area contributed by atoms with Crippen molar-refractivity contribution in [2.24, 2.45) is 0 Å². The number of nitrogens with zero attached hydrogens (tertiary/aromatic N) is 1. The molecule has 2 heterocycles. The Labute approximate surface area is 93.9 Å². The van der Waals surface area contributed by atoms with E-state index in [0.29, 0.717) is 5.92 Å². The second kappa shape index (κ2) is 4.20. The van der Waals surface area contributed by atoms with Gasteiger partial charge in [-0.25, -0.2) is 4.98 Å². The van der Waals surface area contributed by atoms with Crippen LogP contribution >= 0.6 is 11.3 Å². The Bertz CT molecular complexity index is 329. The first-order valence-corrected chi connectivity index (χ1v) is 6.55. The average Bonchev–Trinajstić information content (AvgIpc) is 2.78. The normalized spacial score (nSPS) is 26.0. The first-order valence-electron chi connectivity index (χ1n) is 5.67. The van der Waals surface area contributed by atoms with Crippen LogP contribution in [0.1, 0.15) is 35.9 Å². The number of ether oxygens (including phenoxy) is 1. The third kappa shape index (κ3) is 2.38. The molecule has 0 radical (unpaired) electrons. The molecule has 0 spiro atoms. The second-order valence-electron chi connectivity index (χ2n) is 4.39. The first-order chi connectivity index (χ1) is 7.42. The summed E-state index contributed by atoms with van der Waals surface area (Å²) < 4.78 is 5.38. The molecule has 0 bridgehead atoms. The van der Waals surface area contributed by atoms with Crippen LogP contribution in [-0.4, -0.2) is 24.2 Å². The minimum Gasteiger partial charge on any atom is -0.381 e. The number of hydrogen-bond donors (Lipinski definition) is 1. The summed E-state index contributed by atoms with van der Waals surface area (Å²) in [5.41, 5.74) is 1.20. The molecule has 1 aliphatic carbocycles. The molecule has 0 aromatic carbocycles. The minimum absolute atomic E-state index is 0.560. The van der Waals surface area contributed by atoms with E-state index in [0.717, 1.165) is 32.2 Å². The molecule has 0 amide bonds. The van der Waals surface area contributed by atoms with Gasteiger partial charge in [0, 0.05) is 30.5 Å². The monoisotopic (exact) mass is 224 g/mol. The number of aromatic nitrogens is 1. The second-order valence-corrected chi connectivity index (χ2v) is 5.28. The number of rotatable bonds is 4. The lowest BCUT2D eigenvalue weighted by molar-refractivity contribution is 0.194. The summed E-state index contributed by atoms with van der Waals surface area (Å²) in [6, 6.07) is 0.768. The Morgan fingerprint density at radius 2 is 2.40 bits per heavy atom. The van der Waals surface area contributed by atoms with Gasteiger partial charge in [-0.1, -0.05) is 0 Å². The number of nitrogens with one attached hydrogen (secondary N) is 1. The molecule has 1 unspecified atom stereocenters. The summed E-state index contributed by atoms with van der Waals surface area (Å²) in [7, 11) is 0. The Balaban J connectivity index is 1.59. The summed E-state index contributed by atoms with van der Waals surface area (Å²) in [6.07, 6.45) is 3.82. The number of hydrogen-bond acceptors (Lipinski definition) is 4.